The van der Waals surface area contributed by atoms with E-state index in [9.17, 15) is 4.39 Å². The second kappa shape index (κ2) is 5.43. The van der Waals surface area contributed by atoms with Crippen LogP contribution in [0.4, 0.5) is 4.39 Å². The molecule has 18 heavy (non-hydrogen) atoms. The van der Waals surface area contributed by atoms with Crippen LogP contribution in [-0.2, 0) is 13.0 Å². The van der Waals surface area contributed by atoms with Crippen molar-refractivity contribution < 1.29 is 4.39 Å². The zero-order valence-corrected chi connectivity index (χ0v) is 9.81. The largest absolute Gasteiger partial charge is 0.333 e. The molecule has 0 bridgehead atoms. The van der Waals surface area contributed by atoms with Gasteiger partial charge in [0, 0.05) is 18.2 Å². The molecule has 2 aromatic rings. The molecule has 1 aromatic heterocycles. The Labute approximate surface area is 104 Å². The molecule has 0 atom stereocenters. The number of aromatic nitrogens is 2. The molecule has 0 aliphatic rings. The minimum Gasteiger partial charge on any atom is -0.333 e. The summed E-state index contributed by atoms with van der Waals surface area (Å²) in [5.41, 5.74) is 7.25. The van der Waals surface area contributed by atoms with E-state index in [0.29, 0.717) is 30.6 Å². The zero-order valence-electron chi connectivity index (χ0n) is 9.81. The van der Waals surface area contributed by atoms with Crippen molar-refractivity contribution in [3.05, 3.63) is 53.4 Å². The number of rotatable bonds is 4. The van der Waals surface area contributed by atoms with Crippen LogP contribution in [0.1, 0.15) is 16.8 Å². The second-order valence-corrected chi connectivity index (χ2v) is 3.99. The van der Waals surface area contributed by atoms with E-state index in [1.807, 2.05) is 12.3 Å². The molecule has 2 N–H and O–H groups in total. The fraction of sp³-hybridized carbons (Fsp3) is 0.231. The molecule has 0 unspecified atom stereocenters. The molecule has 0 aliphatic heterocycles. The standard InChI is InChI=1S/C13H13FN4/c14-13-2-1-10(6-16)5-11(13)7-18-8-12(3-4-15)17-9-18/h1-2,5,8-9H,3-4,7,15H2. The number of nitriles is 1. The summed E-state index contributed by atoms with van der Waals surface area (Å²) in [5.74, 6) is -0.317. The highest BCUT2D eigenvalue weighted by Gasteiger charge is 2.05. The fourth-order valence-corrected chi connectivity index (χ4v) is 1.73. The second-order valence-electron chi connectivity index (χ2n) is 3.99. The summed E-state index contributed by atoms with van der Waals surface area (Å²) in [6.45, 7) is 0.897. The van der Waals surface area contributed by atoms with Crippen molar-refractivity contribution in [3.63, 3.8) is 0 Å². The van der Waals surface area contributed by atoms with Gasteiger partial charge in [-0.3, -0.25) is 0 Å². The first-order valence-corrected chi connectivity index (χ1v) is 5.62. The molecule has 92 valence electrons. The molecule has 0 radical (unpaired) electrons. The van der Waals surface area contributed by atoms with Gasteiger partial charge in [0.25, 0.3) is 0 Å². The van der Waals surface area contributed by atoms with Gasteiger partial charge in [-0.15, -0.1) is 0 Å². The van der Waals surface area contributed by atoms with Crippen molar-refractivity contribution in [3.8, 4) is 6.07 Å². The van der Waals surface area contributed by atoms with Gasteiger partial charge in [0.2, 0.25) is 0 Å². The van der Waals surface area contributed by atoms with Gasteiger partial charge in [0.05, 0.1) is 30.2 Å². The lowest BCUT2D eigenvalue weighted by Gasteiger charge is -2.04. The lowest BCUT2D eigenvalue weighted by atomic mass is 10.1. The van der Waals surface area contributed by atoms with Gasteiger partial charge in [-0.2, -0.15) is 5.26 Å². The summed E-state index contributed by atoms with van der Waals surface area (Å²) in [4.78, 5) is 4.17. The quantitative estimate of drug-likeness (QED) is 0.885. The van der Waals surface area contributed by atoms with Gasteiger partial charge >= 0.3 is 0 Å². The average molecular weight is 244 g/mol. The minimum atomic E-state index is -0.317. The Morgan fingerprint density at radius 3 is 3.00 bits per heavy atom. The summed E-state index contributed by atoms with van der Waals surface area (Å²) in [5, 5.41) is 8.79. The first-order chi connectivity index (χ1) is 8.72. The smallest absolute Gasteiger partial charge is 0.128 e. The van der Waals surface area contributed by atoms with Crippen LogP contribution in [0.3, 0.4) is 0 Å². The van der Waals surface area contributed by atoms with Gasteiger partial charge in [-0.05, 0) is 24.7 Å². The Balaban J connectivity index is 2.20. The normalized spacial score (nSPS) is 10.3. The van der Waals surface area contributed by atoms with Crippen molar-refractivity contribution in [2.75, 3.05) is 6.54 Å². The Hall–Kier alpha value is -2.19. The van der Waals surface area contributed by atoms with Gasteiger partial charge in [-0.25, -0.2) is 9.37 Å². The molecule has 0 saturated carbocycles. The lowest BCUT2D eigenvalue weighted by molar-refractivity contribution is 0.599. The van der Waals surface area contributed by atoms with Crippen molar-refractivity contribution in [2.24, 2.45) is 5.73 Å². The van der Waals surface area contributed by atoms with Crippen LogP contribution < -0.4 is 5.73 Å². The summed E-state index contributed by atoms with van der Waals surface area (Å²) in [7, 11) is 0. The average Bonchev–Trinajstić information content (AvgIpc) is 2.80. The molecule has 0 spiro atoms. The van der Waals surface area contributed by atoms with Crippen molar-refractivity contribution >= 4 is 0 Å². The molecule has 0 saturated heterocycles. The number of nitrogens with zero attached hydrogens (tertiary/aromatic N) is 3. The van der Waals surface area contributed by atoms with Crippen LogP contribution in [0.25, 0.3) is 0 Å². The topological polar surface area (TPSA) is 67.6 Å². The third-order valence-corrected chi connectivity index (χ3v) is 2.61. The highest BCUT2D eigenvalue weighted by Crippen LogP contribution is 2.12. The summed E-state index contributed by atoms with van der Waals surface area (Å²) in [6, 6.07) is 6.33. The maximum Gasteiger partial charge on any atom is 0.128 e. The molecule has 0 aliphatic carbocycles. The maximum absolute atomic E-state index is 13.6. The van der Waals surface area contributed by atoms with E-state index >= 15 is 0 Å². The van der Waals surface area contributed by atoms with E-state index in [1.54, 1.807) is 17.0 Å². The molecule has 1 heterocycles. The number of imidazole rings is 1. The Kier molecular flexibility index (Phi) is 3.70. The van der Waals surface area contributed by atoms with Crippen LogP contribution in [0.15, 0.2) is 30.7 Å². The van der Waals surface area contributed by atoms with Crippen LogP contribution >= 0.6 is 0 Å². The third kappa shape index (κ3) is 2.73. The molecular formula is C13H13FN4. The van der Waals surface area contributed by atoms with Crippen LogP contribution in [0, 0.1) is 17.1 Å². The van der Waals surface area contributed by atoms with Crippen LogP contribution in [0.5, 0.6) is 0 Å². The van der Waals surface area contributed by atoms with E-state index in [2.05, 4.69) is 4.98 Å². The van der Waals surface area contributed by atoms with Crippen LogP contribution in [0.2, 0.25) is 0 Å². The van der Waals surface area contributed by atoms with E-state index in [1.165, 1.54) is 12.1 Å². The Morgan fingerprint density at radius 2 is 2.28 bits per heavy atom. The predicted molar refractivity (Wildman–Crippen MR) is 65.2 cm³/mol. The Bertz CT molecular complexity index is 583. The minimum absolute atomic E-state index is 0.317. The van der Waals surface area contributed by atoms with Crippen molar-refractivity contribution in [1.29, 1.82) is 5.26 Å². The van der Waals surface area contributed by atoms with E-state index in [-0.39, 0.29) is 5.82 Å². The highest BCUT2D eigenvalue weighted by molar-refractivity contribution is 5.33. The van der Waals surface area contributed by atoms with E-state index in [4.69, 9.17) is 11.0 Å². The molecule has 4 nitrogen and oxygen atoms in total. The summed E-state index contributed by atoms with van der Waals surface area (Å²) < 4.78 is 15.4. The molecule has 0 amide bonds. The van der Waals surface area contributed by atoms with Gasteiger partial charge in [-0.1, -0.05) is 0 Å². The monoisotopic (exact) mass is 244 g/mol. The molecule has 5 heteroatoms. The third-order valence-electron chi connectivity index (χ3n) is 2.61. The lowest BCUT2D eigenvalue weighted by Crippen LogP contribution is -2.03. The number of nitrogens with two attached hydrogens (primary N) is 1. The van der Waals surface area contributed by atoms with Gasteiger partial charge in [0.1, 0.15) is 5.82 Å². The van der Waals surface area contributed by atoms with Crippen LogP contribution in [-0.4, -0.2) is 16.1 Å². The number of benzene rings is 1. The first kappa shape index (κ1) is 12.3. The van der Waals surface area contributed by atoms with E-state index in [0.717, 1.165) is 5.69 Å². The highest BCUT2D eigenvalue weighted by atomic mass is 19.1. The summed E-state index contributed by atoms with van der Waals surface area (Å²) in [6.07, 6.45) is 4.18. The summed E-state index contributed by atoms with van der Waals surface area (Å²) >= 11 is 0. The molecule has 0 fully saturated rings. The first-order valence-electron chi connectivity index (χ1n) is 5.62. The van der Waals surface area contributed by atoms with E-state index < -0.39 is 0 Å². The number of hydrogen-bond acceptors (Lipinski definition) is 3. The zero-order chi connectivity index (χ0) is 13.0. The molecule has 1 aromatic carbocycles. The fourth-order valence-electron chi connectivity index (χ4n) is 1.73. The Morgan fingerprint density at radius 1 is 1.44 bits per heavy atom. The van der Waals surface area contributed by atoms with Gasteiger partial charge < -0.3 is 10.3 Å². The molecule has 2 rings (SSSR count). The predicted octanol–water partition coefficient (Wildman–Crippen LogP) is 1.44. The SMILES string of the molecule is N#Cc1ccc(F)c(Cn2cnc(CCN)c2)c1. The maximum atomic E-state index is 13.6. The number of halogens is 1. The number of hydrogen-bond donors (Lipinski definition) is 1. The van der Waals surface area contributed by atoms with Gasteiger partial charge in [0.15, 0.2) is 0 Å². The van der Waals surface area contributed by atoms with Crippen molar-refractivity contribution in [1.82, 2.24) is 9.55 Å². The molecular weight excluding hydrogens is 231 g/mol. The van der Waals surface area contributed by atoms with Crippen molar-refractivity contribution in [2.45, 2.75) is 13.0 Å².